The van der Waals surface area contributed by atoms with Gasteiger partial charge < -0.3 is 20.1 Å². The molecule has 168 valence electrons. The first-order valence-corrected chi connectivity index (χ1v) is 10.4. The summed E-state index contributed by atoms with van der Waals surface area (Å²) in [5, 5.41) is 6.06. The summed E-state index contributed by atoms with van der Waals surface area (Å²) in [5.41, 5.74) is 2.25. The number of anilines is 2. The van der Waals surface area contributed by atoms with Crippen LogP contribution in [-0.2, 0) is 9.53 Å². The summed E-state index contributed by atoms with van der Waals surface area (Å²) in [6.45, 7) is 1.88. The van der Waals surface area contributed by atoms with Gasteiger partial charge in [0.2, 0.25) is 5.91 Å². The Balaban J connectivity index is 1.53. The fourth-order valence-corrected chi connectivity index (χ4v) is 2.92. The number of carbonyl (C=O) groups excluding carboxylic acids is 3. The molecule has 3 aromatic carbocycles. The van der Waals surface area contributed by atoms with Gasteiger partial charge in [-0.2, -0.15) is 0 Å². The van der Waals surface area contributed by atoms with E-state index in [1.807, 2.05) is 18.2 Å². The third-order valence-corrected chi connectivity index (χ3v) is 4.65. The first-order valence-electron chi connectivity index (χ1n) is 10.0. The van der Waals surface area contributed by atoms with Crippen LogP contribution in [0.1, 0.15) is 22.8 Å². The maximum absolute atomic E-state index is 12.4. The van der Waals surface area contributed by atoms with Crippen LogP contribution in [0.5, 0.6) is 5.75 Å². The highest BCUT2D eigenvalue weighted by Gasteiger charge is 2.09. The monoisotopic (exact) mass is 464 g/mol. The molecular weight excluding hydrogens is 444 g/mol. The Kier molecular flexibility index (Phi) is 8.21. The molecular formula is C25H21ClN2O5. The topological polar surface area (TPSA) is 93.7 Å². The molecule has 7 nitrogen and oxygen atoms in total. The molecule has 0 saturated heterocycles. The molecule has 0 unspecified atom stereocenters. The van der Waals surface area contributed by atoms with E-state index in [1.54, 1.807) is 43.3 Å². The number of hydrogen-bond donors (Lipinski definition) is 2. The van der Waals surface area contributed by atoms with E-state index >= 15 is 0 Å². The molecule has 2 amide bonds. The van der Waals surface area contributed by atoms with E-state index in [0.717, 1.165) is 5.56 Å². The van der Waals surface area contributed by atoms with Crippen molar-refractivity contribution in [1.29, 1.82) is 0 Å². The van der Waals surface area contributed by atoms with Crippen LogP contribution in [0, 0.1) is 0 Å². The maximum Gasteiger partial charge on any atom is 0.513 e. The largest absolute Gasteiger partial charge is 0.513 e. The summed E-state index contributed by atoms with van der Waals surface area (Å²) in [4.78, 5) is 35.9. The van der Waals surface area contributed by atoms with Gasteiger partial charge in [-0.25, -0.2) is 4.79 Å². The van der Waals surface area contributed by atoms with Gasteiger partial charge in [-0.15, -0.1) is 0 Å². The molecule has 0 aliphatic heterocycles. The van der Waals surface area contributed by atoms with Crippen molar-refractivity contribution in [3.05, 3.63) is 95.0 Å². The number of rotatable bonds is 7. The van der Waals surface area contributed by atoms with Crippen LogP contribution in [0.2, 0.25) is 5.02 Å². The molecule has 0 radical (unpaired) electrons. The Bertz CT molecular complexity index is 1160. The van der Waals surface area contributed by atoms with E-state index in [2.05, 4.69) is 10.6 Å². The van der Waals surface area contributed by atoms with Crippen molar-refractivity contribution in [2.75, 3.05) is 17.2 Å². The zero-order valence-corrected chi connectivity index (χ0v) is 18.5. The highest BCUT2D eigenvalue weighted by atomic mass is 35.5. The van der Waals surface area contributed by atoms with Gasteiger partial charge in [0.05, 0.1) is 6.61 Å². The van der Waals surface area contributed by atoms with Crippen molar-refractivity contribution in [3.63, 3.8) is 0 Å². The van der Waals surface area contributed by atoms with Crippen LogP contribution in [-0.4, -0.2) is 24.6 Å². The molecule has 0 aromatic heterocycles. The van der Waals surface area contributed by atoms with Crippen LogP contribution in [0.3, 0.4) is 0 Å². The highest BCUT2D eigenvalue weighted by molar-refractivity contribution is 6.32. The summed E-state index contributed by atoms with van der Waals surface area (Å²) >= 11 is 6.07. The molecule has 8 heteroatoms. The maximum atomic E-state index is 12.4. The van der Waals surface area contributed by atoms with Gasteiger partial charge in [-0.3, -0.25) is 9.59 Å². The molecule has 0 saturated carbocycles. The summed E-state index contributed by atoms with van der Waals surface area (Å²) < 4.78 is 9.66. The average Bonchev–Trinajstić information content (AvgIpc) is 2.80. The number of amides is 2. The first kappa shape index (κ1) is 23.6. The smallest absolute Gasteiger partial charge is 0.434 e. The van der Waals surface area contributed by atoms with E-state index in [-0.39, 0.29) is 24.2 Å². The fourth-order valence-electron chi connectivity index (χ4n) is 2.72. The summed E-state index contributed by atoms with van der Waals surface area (Å²) in [5.74, 6) is -0.373. The molecule has 0 heterocycles. The molecule has 0 atom stereocenters. The van der Waals surface area contributed by atoms with Crippen molar-refractivity contribution < 1.29 is 23.9 Å². The van der Waals surface area contributed by atoms with E-state index in [9.17, 15) is 14.4 Å². The predicted molar refractivity (Wildman–Crippen MR) is 128 cm³/mol. The third kappa shape index (κ3) is 7.22. The number of hydrogen-bond acceptors (Lipinski definition) is 5. The van der Waals surface area contributed by atoms with Crippen molar-refractivity contribution >= 4 is 47.0 Å². The molecule has 0 fully saturated rings. The molecule has 2 N–H and O–H groups in total. The lowest BCUT2D eigenvalue weighted by molar-refractivity contribution is -0.111. The van der Waals surface area contributed by atoms with Gasteiger partial charge in [0, 0.05) is 28.0 Å². The number of nitrogens with one attached hydrogen (secondary N) is 2. The van der Waals surface area contributed by atoms with E-state index in [0.29, 0.717) is 22.0 Å². The van der Waals surface area contributed by atoms with E-state index in [4.69, 9.17) is 21.1 Å². The molecule has 0 bridgehead atoms. The van der Waals surface area contributed by atoms with Crippen molar-refractivity contribution in [1.82, 2.24) is 0 Å². The number of ether oxygens (including phenoxy) is 2. The second kappa shape index (κ2) is 11.5. The van der Waals surface area contributed by atoms with Gasteiger partial charge in [0.25, 0.3) is 5.91 Å². The zero-order valence-electron chi connectivity index (χ0n) is 17.7. The minimum absolute atomic E-state index is 0.209. The van der Waals surface area contributed by atoms with Crippen LogP contribution in [0.25, 0.3) is 6.08 Å². The van der Waals surface area contributed by atoms with Gasteiger partial charge >= 0.3 is 6.16 Å². The summed E-state index contributed by atoms with van der Waals surface area (Å²) in [6.07, 6.45) is 2.22. The predicted octanol–water partition coefficient (Wildman–Crippen LogP) is 5.78. The van der Waals surface area contributed by atoms with Crippen LogP contribution >= 0.6 is 11.6 Å². The lowest BCUT2D eigenvalue weighted by Gasteiger charge is -2.08. The number of halogens is 1. The average molecular weight is 465 g/mol. The molecule has 0 aliphatic rings. The summed E-state index contributed by atoms with van der Waals surface area (Å²) in [6, 6.07) is 20.0. The van der Waals surface area contributed by atoms with E-state index in [1.165, 1.54) is 30.3 Å². The molecule has 0 aliphatic carbocycles. The van der Waals surface area contributed by atoms with E-state index < -0.39 is 6.16 Å². The Hall–Kier alpha value is -4.10. The summed E-state index contributed by atoms with van der Waals surface area (Å²) in [7, 11) is 0. The van der Waals surface area contributed by atoms with Crippen molar-refractivity contribution in [3.8, 4) is 5.75 Å². The standard InChI is InChI=1S/C25H21ClN2O5/c1-2-32-25(31)33-21-14-7-18(8-15-21)24(30)28-20-12-10-19(11-13-20)27-23(29)16-9-17-5-3-4-6-22(17)26/h3-16H,2H2,1H3,(H,27,29)(H,28,30)/b16-9+. The first-order chi connectivity index (χ1) is 15.9. The Morgan fingerprint density at radius 1 is 0.879 bits per heavy atom. The highest BCUT2D eigenvalue weighted by Crippen LogP contribution is 2.18. The quantitative estimate of drug-likeness (QED) is 0.262. The molecule has 33 heavy (non-hydrogen) atoms. The van der Waals surface area contributed by atoms with Gasteiger partial charge in [0.1, 0.15) is 5.75 Å². The van der Waals surface area contributed by atoms with Crippen molar-refractivity contribution in [2.24, 2.45) is 0 Å². The zero-order chi connectivity index (χ0) is 23.6. The SMILES string of the molecule is CCOC(=O)Oc1ccc(C(=O)Nc2ccc(NC(=O)/C=C/c3ccccc3Cl)cc2)cc1. The minimum atomic E-state index is -0.804. The Morgan fingerprint density at radius 2 is 1.52 bits per heavy atom. The third-order valence-electron chi connectivity index (χ3n) is 4.31. The lowest BCUT2D eigenvalue weighted by atomic mass is 10.2. The lowest BCUT2D eigenvalue weighted by Crippen LogP contribution is -2.13. The number of benzene rings is 3. The Morgan fingerprint density at radius 3 is 2.15 bits per heavy atom. The Labute approximate surface area is 196 Å². The normalized spacial score (nSPS) is 10.5. The van der Waals surface area contributed by atoms with Crippen molar-refractivity contribution in [2.45, 2.75) is 6.92 Å². The van der Waals surface area contributed by atoms with Crippen LogP contribution in [0.15, 0.2) is 78.9 Å². The fraction of sp³-hybridized carbons (Fsp3) is 0.0800. The van der Waals surface area contributed by atoms with Crippen LogP contribution in [0.4, 0.5) is 16.2 Å². The minimum Gasteiger partial charge on any atom is -0.434 e. The molecule has 3 aromatic rings. The van der Waals surface area contributed by atoms with Crippen LogP contribution < -0.4 is 15.4 Å². The second-order valence-corrected chi connectivity index (χ2v) is 7.09. The van der Waals surface area contributed by atoms with Gasteiger partial charge in [0.15, 0.2) is 0 Å². The van der Waals surface area contributed by atoms with Gasteiger partial charge in [-0.1, -0.05) is 29.8 Å². The number of carbonyl (C=O) groups is 3. The molecule has 0 spiro atoms. The second-order valence-electron chi connectivity index (χ2n) is 6.69. The molecule has 3 rings (SSSR count). The van der Waals surface area contributed by atoms with Gasteiger partial charge in [-0.05, 0) is 73.2 Å².